The zero-order chi connectivity index (χ0) is 33.0. The van der Waals surface area contributed by atoms with E-state index in [2.05, 4.69) is 5.32 Å². The summed E-state index contributed by atoms with van der Waals surface area (Å²) in [5.41, 5.74) is -3.00. The molecule has 14 heteroatoms. The number of alkyl halides is 6. The second-order valence-corrected chi connectivity index (χ2v) is 10.7. The van der Waals surface area contributed by atoms with Gasteiger partial charge in [0.15, 0.2) is 17.2 Å². The predicted molar refractivity (Wildman–Crippen MR) is 155 cm³/mol. The fraction of sp³-hybridized carbons (Fsp3) is 0.125. The Balaban J connectivity index is 1.55. The van der Waals surface area contributed by atoms with Crippen LogP contribution in [0.2, 0.25) is 5.02 Å². The van der Waals surface area contributed by atoms with Crippen molar-refractivity contribution in [2.75, 3.05) is 12.1 Å². The van der Waals surface area contributed by atoms with E-state index < -0.39 is 53.2 Å². The van der Waals surface area contributed by atoms with Crippen molar-refractivity contribution < 1.29 is 50.5 Å². The van der Waals surface area contributed by atoms with Gasteiger partial charge in [0, 0.05) is 22.5 Å². The summed E-state index contributed by atoms with van der Waals surface area (Å²) < 4.78 is 93.8. The van der Waals surface area contributed by atoms with Crippen molar-refractivity contribution in [2.45, 2.75) is 18.9 Å². The van der Waals surface area contributed by atoms with E-state index in [9.17, 15) is 41.0 Å². The van der Waals surface area contributed by atoms with Crippen molar-refractivity contribution in [1.82, 2.24) is 4.57 Å². The van der Waals surface area contributed by atoms with Gasteiger partial charge in [-0.05, 0) is 77.4 Å². The molecule has 2 N–H and O–H groups in total. The number of carbonyl (C=O) groups is 2. The summed E-state index contributed by atoms with van der Waals surface area (Å²) in [4.78, 5) is 25.9. The van der Waals surface area contributed by atoms with Gasteiger partial charge >= 0.3 is 18.3 Å². The van der Waals surface area contributed by atoms with Crippen LogP contribution < -0.4 is 14.8 Å². The Bertz CT molecular complexity index is 1990. The summed E-state index contributed by atoms with van der Waals surface area (Å²) in [6.07, 6.45) is -10.2. The largest absolute Gasteiger partial charge is 0.477 e. The number of carboxylic acid groups (broad SMARTS) is 1. The van der Waals surface area contributed by atoms with Gasteiger partial charge in [0.25, 0.3) is 5.91 Å². The number of amides is 1. The Morgan fingerprint density at radius 1 is 0.804 bits per heavy atom. The molecule has 1 aromatic heterocycles. The molecule has 2 heterocycles. The first kappa shape index (κ1) is 30.8. The van der Waals surface area contributed by atoms with Crippen molar-refractivity contribution in [3.63, 3.8) is 0 Å². The molecule has 1 amide bonds. The fourth-order valence-corrected chi connectivity index (χ4v) is 5.32. The highest BCUT2D eigenvalue weighted by molar-refractivity contribution is 6.30. The smallest absolute Gasteiger partial charge is 0.416 e. The van der Waals surface area contributed by atoms with E-state index in [4.69, 9.17) is 21.1 Å². The average molecular weight is 661 g/mol. The van der Waals surface area contributed by atoms with E-state index in [1.165, 1.54) is 36.4 Å². The van der Waals surface area contributed by atoms with Crippen molar-refractivity contribution in [2.24, 2.45) is 0 Å². The van der Waals surface area contributed by atoms with Crippen LogP contribution in [0.5, 0.6) is 11.5 Å². The van der Waals surface area contributed by atoms with Crippen molar-refractivity contribution in [3.05, 3.63) is 112 Å². The van der Waals surface area contributed by atoms with E-state index in [1.54, 1.807) is 24.3 Å². The summed E-state index contributed by atoms with van der Waals surface area (Å²) in [6.45, 7) is -0.706. The van der Waals surface area contributed by atoms with Crippen LogP contribution in [-0.2, 0) is 18.9 Å². The molecular weight excluding hydrogens is 642 g/mol. The first-order chi connectivity index (χ1) is 21.7. The van der Waals surface area contributed by atoms with Crippen LogP contribution in [0.15, 0.2) is 78.9 Å². The van der Waals surface area contributed by atoms with Gasteiger partial charge < -0.3 is 24.5 Å². The predicted octanol–water partition coefficient (Wildman–Crippen LogP) is 8.73. The van der Waals surface area contributed by atoms with Crippen LogP contribution in [0.25, 0.3) is 22.0 Å². The summed E-state index contributed by atoms with van der Waals surface area (Å²) in [5.74, 6) is -1.37. The van der Waals surface area contributed by atoms with Gasteiger partial charge in [-0.15, -0.1) is 0 Å². The van der Waals surface area contributed by atoms with Gasteiger partial charge in [0.2, 0.25) is 6.79 Å². The Morgan fingerprint density at radius 3 is 2.04 bits per heavy atom. The number of carboxylic acids is 1. The molecule has 0 saturated heterocycles. The number of nitrogens with zero attached hydrogens (tertiary/aromatic N) is 1. The number of aromatic nitrogens is 1. The van der Waals surface area contributed by atoms with Gasteiger partial charge in [-0.1, -0.05) is 29.8 Å². The summed E-state index contributed by atoms with van der Waals surface area (Å²) in [7, 11) is 0. The van der Waals surface area contributed by atoms with Gasteiger partial charge in [-0.25, -0.2) is 4.79 Å². The van der Waals surface area contributed by atoms with Gasteiger partial charge in [0.1, 0.15) is 0 Å². The third-order valence-corrected chi connectivity index (χ3v) is 7.56. The third kappa shape index (κ3) is 5.93. The zero-order valence-electron chi connectivity index (χ0n) is 23.1. The second-order valence-electron chi connectivity index (χ2n) is 10.3. The van der Waals surface area contributed by atoms with Gasteiger partial charge in [-0.2, -0.15) is 26.3 Å². The minimum Gasteiger partial charge on any atom is -0.477 e. The molecule has 4 aromatic carbocycles. The average Bonchev–Trinajstić information content (AvgIpc) is 3.58. The lowest BCUT2D eigenvalue weighted by Gasteiger charge is -2.16. The van der Waals surface area contributed by atoms with Gasteiger partial charge in [0.05, 0.1) is 22.3 Å². The highest BCUT2D eigenvalue weighted by Crippen LogP contribution is 2.40. The molecule has 5 aromatic rings. The molecule has 236 valence electrons. The molecule has 0 bridgehead atoms. The number of hydrogen-bond acceptors (Lipinski definition) is 4. The SMILES string of the molecule is O=C(Nc1c(C(=O)O)n(Cc2cc(C(F)(F)F)cc(C(F)(F)F)c2)c2cc(-c3ccc4c(c3)OCO4)ccc12)c1ccc(Cl)cc1. The minimum absolute atomic E-state index is 0.00905. The zero-order valence-corrected chi connectivity index (χ0v) is 23.8. The van der Waals surface area contributed by atoms with Crippen LogP contribution in [0.1, 0.15) is 37.5 Å². The molecular formula is C32H19ClF6N2O5. The molecule has 1 aliphatic rings. The number of rotatable bonds is 6. The molecule has 6 rings (SSSR count). The van der Waals surface area contributed by atoms with Crippen LogP contribution >= 0.6 is 11.6 Å². The van der Waals surface area contributed by atoms with E-state index >= 15 is 0 Å². The van der Waals surface area contributed by atoms with E-state index in [1.807, 2.05) is 0 Å². The fourth-order valence-electron chi connectivity index (χ4n) is 5.20. The van der Waals surface area contributed by atoms with Crippen molar-refractivity contribution in [1.29, 1.82) is 0 Å². The quantitative estimate of drug-likeness (QED) is 0.178. The molecule has 0 saturated carbocycles. The number of ether oxygens (including phenoxy) is 2. The number of carbonyl (C=O) groups excluding carboxylic acids is 1. The summed E-state index contributed by atoms with van der Waals surface area (Å²) in [5, 5.41) is 13.4. The maximum Gasteiger partial charge on any atom is 0.416 e. The maximum atomic E-state index is 13.7. The number of nitrogens with one attached hydrogen (secondary N) is 1. The highest BCUT2D eigenvalue weighted by Gasteiger charge is 2.37. The van der Waals surface area contributed by atoms with Gasteiger partial charge in [-0.3, -0.25) is 4.79 Å². The maximum absolute atomic E-state index is 13.7. The first-order valence-electron chi connectivity index (χ1n) is 13.3. The Labute approximate surface area is 260 Å². The Morgan fingerprint density at radius 2 is 1.41 bits per heavy atom. The minimum atomic E-state index is -5.12. The second kappa shape index (κ2) is 11.3. The van der Waals surface area contributed by atoms with Crippen molar-refractivity contribution in [3.8, 4) is 22.6 Å². The molecule has 0 spiro atoms. The van der Waals surface area contributed by atoms with E-state index in [-0.39, 0.29) is 35.0 Å². The molecule has 0 radical (unpaired) electrons. The Kier molecular flexibility index (Phi) is 7.59. The van der Waals surface area contributed by atoms with E-state index in [0.29, 0.717) is 39.8 Å². The summed E-state index contributed by atoms with van der Waals surface area (Å²) in [6, 6.07) is 16.4. The van der Waals surface area contributed by atoms with Crippen LogP contribution in [0.4, 0.5) is 32.0 Å². The normalized spacial score (nSPS) is 12.8. The number of halogens is 7. The number of benzene rings is 4. The lowest BCUT2D eigenvalue weighted by molar-refractivity contribution is -0.143. The monoisotopic (exact) mass is 660 g/mol. The first-order valence-corrected chi connectivity index (χ1v) is 13.7. The molecule has 7 nitrogen and oxygen atoms in total. The lowest BCUT2D eigenvalue weighted by Crippen LogP contribution is -2.17. The Hall–Kier alpha value is -5.17. The number of hydrogen-bond donors (Lipinski definition) is 2. The number of fused-ring (bicyclic) bond motifs is 2. The molecule has 0 fully saturated rings. The molecule has 1 aliphatic heterocycles. The standard InChI is InChI=1S/C32H19ClF6N2O5/c33-22-5-1-17(2-6-22)29(42)40-27-23-7-3-18(19-4-8-25-26(12-19)46-15-45-25)11-24(23)41(28(27)30(43)44)14-16-9-20(31(34,35)36)13-21(10-16)32(37,38)39/h1-13H,14-15H2,(H,40,42)(H,43,44). The van der Waals surface area contributed by atoms with Crippen LogP contribution in [0.3, 0.4) is 0 Å². The number of aromatic carboxylic acids is 1. The molecule has 0 aliphatic carbocycles. The molecule has 0 unspecified atom stereocenters. The highest BCUT2D eigenvalue weighted by atomic mass is 35.5. The van der Waals surface area contributed by atoms with Crippen LogP contribution in [0, 0.1) is 0 Å². The lowest BCUT2D eigenvalue weighted by atomic mass is 10.0. The topological polar surface area (TPSA) is 89.8 Å². The third-order valence-electron chi connectivity index (χ3n) is 7.31. The number of anilines is 1. The van der Waals surface area contributed by atoms with Crippen molar-refractivity contribution >= 4 is 40.1 Å². The van der Waals surface area contributed by atoms with Crippen LogP contribution in [-0.4, -0.2) is 28.3 Å². The molecule has 46 heavy (non-hydrogen) atoms. The van der Waals surface area contributed by atoms with E-state index in [0.717, 1.165) is 4.57 Å². The molecule has 0 atom stereocenters. The summed E-state index contributed by atoms with van der Waals surface area (Å²) >= 11 is 5.91.